The molecule has 1 aliphatic rings. The van der Waals surface area contributed by atoms with Gasteiger partial charge in [0.05, 0.1) is 6.61 Å². The Balaban J connectivity index is 2.09. The van der Waals surface area contributed by atoms with Crippen molar-refractivity contribution in [3.63, 3.8) is 0 Å². The van der Waals surface area contributed by atoms with Gasteiger partial charge in [-0.3, -0.25) is 4.79 Å². The number of hydrogen-bond donors (Lipinski definition) is 0. The second kappa shape index (κ2) is 5.50. The molecule has 1 fully saturated rings. The molecule has 0 amide bonds. The van der Waals surface area contributed by atoms with Crippen molar-refractivity contribution in [2.24, 2.45) is 0 Å². The van der Waals surface area contributed by atoms with Crippen LogP contribution in [-0.2, 0) is 11.3 Å². The van der Waals surface area contributed by atoms with Crippen LogP contribution in [0, 0.1) is 0 Å². The largest absolute Gasteiger partial charge is 0.368 e. The van der Waals surface area contributed by atoms with Crippen LogP contribution < -0.4 is 0 Å². The first kappa shape index (κ1) is 11.7. The first-order chi connectivity index (χ1) is 7.83. The summed E-state index contributed by atoms with van der Waals surface area (Å²) in [5.74, 6) is 2.28. The van der Waals surface area contributed by atoms with E-state index in [0.29, 0.717) is 12.4 Å². The third-order valence-corrected chi connectivity index (χ3v) is 3.50. The van der Waals surface area contributed by atoms with Crippen LogP contribution in [0.3, 0.4) is 0 Å². The summed E-state index contributed by atoms with van der Waals surface area (Å²) >= 11 is 1.76. The lowest BCUT2D eigenvalue weighted by atomic mass is 10.2. The quantitative estimate of drug-likeness (QED) is 0.750. The maximum Gasteiger partial charge on any atom is 0.227 e. The molecular weight excluding hydrogens is 224 g/mol. The van der Waals surface area contributed by atoms with E-state index in [1.54, 1.807) is 18.0 Å². The summed E-state index contributed by atoms with van der Waals surface area (Å²) < 4.78 is 7.38. The smallest absolute Gasteiger partial charge is 0.227 e. The van der Waals surface area contributed by atoms with Crippen LogP contribution in [0.4, 0.5) is 0 Å². The van der Waals surface area contributed by atoms with E-state index in [4.69, 9.17) is 4.74 Å². The zero-order valence-electron chi connectivity index (χ0n) is 9.39. The van der Waals surface area contributed by atoms with Gasteiger partial charge in [-0.1, -0.05) is 6.92 Å². The minimum atomic E-state index is -0.309. The molecule has 1 atom stereocenters. The molecule has 0 radical (unpaired) electrons. The number of aromatic nitrogens is 2. The highest BCUT2D eigenvalue weighted by atomic mass is 32.2. The summed E-state index contributed by atoms with van der Waals surface area (Å²) in [6, 6.07) is 0. The van der Waals surface area contributed by atoms with Crippen LogP contribution in [0.25, 0.3) is 0 Å². The van der Waals surface area contributed by atoms with Gasteiger partial charge in [-0.05, 0) is 6.42 Å². The van der Waals surface area contributed by atoms with E-state index < -0.39 is 0 Å². The van der Waals surface area contributed by atoms with Gasteiger partial charge >= 0.3 is 0 Å². The molecule has 16 heavy (non-hydrogen) atoms. The van der Waals surface area contributed by atoms with Crippen molar-refractivity contribution in [3.05, 3.63) is 18.2 Å². The molecule has 88 valence electrons. The van der Waals surface area contributed by atoms with Crippen molar-refractivity contribution in [2.45, 2.75) is 26.0 Å². The minimum Gasteiger partial charge on any atom is -0.368 e. The van der Waals surface area contributed by atoms with Gasteiger partial charge in [0.1, 0.15) is 6.10 Å². The molecule has 2 rings (SSSR count). The monoisotopic (exact) mass is 240 g/mol. The number of imidazole rings is 1. The maximum atomic E-state index is 12.1. The van der Waals surface area contributed by atoms with E-state index in [9.17, 15) is 4.79 Å². The van der Waals surface area contributed by atoms with Gasteiger partial charge in [0, 0.05) is 30.4 Å². The topological polar surface area (TPSA) is 44.1 Å². The normalized spacial score (nSPS) is 20.9. The molecule has 1 aromatic rings. The number of carbonyl (C=O) groups excluding carboxylic acids is 1. The summed E-state index contributed by atoms with van der Waals surface area (Å²) in [5.41, 5.74) is 0. The van der Waals surface area contributed by atoms with Crippen LogP contribution in [-0.4, -0.2) is 39.6 Å². The zero-order chi connectivity index (χ0) is 11.4. The number of Topliss-reactive ketones (excluding diaryl/α,β-unsaturated/α-hetero) is 1. The molecule has 0 spiro atoms. The van der Waals surface area contributed by atoms with Crippen molar-refractivity contribution in [3.8, 4) is 0 Å². The second-order valence-corrected chi connectivity index (χ2v) is 4.89. The predicted molar refractivity (Wildman–Crippen MR) is 63.9 cm³/mol. The molecule has 1 saturated heterocycles. The number of carbonyl (C=O) groups is 1. The fourth-order valence-corrected chi connectivity index (χ4v) is 2.58. The van der Waals surface area contributed by atoms with Crippen molar-refractivity contribution in [1.82, 2.24) is 9.55 Å². The van der Waals surface area contributed by atoms with Gasteiger partial charge in [-0.25, -0.2) is 4.98 Å². The van der Waals surface area contributed by atoms with Crippen molar-refractivity contribution < 1.29 is 9.53 Å². The number of nitrogens with zero attached hydrogens (tertiary/aromatic N) is 2. The Kier molecular flexibility index (Phi) is 4.01. The Labute approximate surface area is 99.4 Å². The standard InChI is InChI=1S/C11H16N2O2S/c1-2-4-13-5-3-12-11(13)10(14)9-8-16-7-6-15-9/h3,5,9H,2,4,6-8H2,1H3. The van der Waals surface area contributed by atoms with E-state index in [0.717, 1.165) is 24.5 Å². The zero-order valence-corrected chi connectivity index (χ0v) is 10.2. The van der Waals surface area contributed by atoms with Gasteiger partial charge in [0.25, 0.3) is 0 Å². The molecule has 2 heterocycles. The van der Waals surface area contributed by atoms with Crippen LogP contribution in [0.15, 0.2) is 12.4 Å². The Bertz CT molecular complexity index is 359. The summed E-state index contributed by atoms with van der Waals surface area (Å²) in [7, 11) is 0. The van der Waals surface area contributed by atoms with Gasteiger partial charge in [-0.2, -0.15) is 11.8 Å². The highest BCUT2D eigenvalue weighted by Gasteiger charge is 2.26. The van der Waals surface area contributed by atoms with Crippen molar-refractivity contribution in [1.29, 1.82) is 0 Å². The van der Waals surface area contributed by atoms with Crippen molar-refractivity contribution in [2.75, 3.05) is 18.1 Å². The highest BCUT2D eigenvalue weighted by molar-refractivity contribution is 7.99. The number of ketones is 1. The summed E-state index contributed by atoms with van der Waals surface area (Å²) in [4.78, 5) is 16.3. The van der Waals surface area contributed by atoms with Crippen LogP contribution in [0.5, 0.6) is 0 Å². The number of aryl methyl sites for hydroxylation is 1. The lowest BCUT2D eigenvalue weighted by molar-refractivity contribution is 0.0505. The predicted octanol–water partition coefficient (Wildman–Crippen LogP) is 1.61. The number of rotatable bonds is 4. The van der Waals surface area contributed by atoms with Gasteiger partial charge in [0.15, 0.2) is 5.82 Å². The molecular formula is C11H16N2O2S. The first-order valence-corrected chi connectivity index (χ1v) is 6.73. The maximum absolute atomic E-state index is 12.1. The first-order valence-electron chi connectivity index (χ1n) is 5.57. The molecule has 0 saturated carbocycles. The lowest BCUT2D eigenvalue weighted by Crippen LogP contribution is -2.33. The van der Waals surface area contributed by atoms with Crippen LogP contribution in [0.1, 0.15) is 24.0 Å². The summed E-state index contributed by atoms with van der Waals surface area (Å²) in [6.07, 6.45) is 4.22. The highest BCUT2D eigenvalue weighted by Crippen LogP contribution is 2.16. The van der Waals surface area contributed by atoms with Crippen molar-refractivity contribution >= 4 is 17.5 Å². The molecule has 1 aromatic heterocycles. The lowest BCUT2D eigenvalue weighted by Gasteiger charge is -2.20. The molecule has 1 unspecified atom stereocenters. The summed E-state index contributed by atoms with van der Waals surface area (Å²) in [5, 5.41) is 0. The molecule has 5 heteroatoms. The van der Waals surface area contributed by atoms with E-state index in [1.165, 1.54) is 0 Å². The van der Waals surface area contributed by atoms with E-state index in [-0.39, 0.29) is 11.9 Å². The summed E-state index contributed by atoms with van der Waals surface area (Å²) in [6.45, 7) is 3.58. The Morgan fingerprint density at radius 2 is 2.62 bits per heavy atom. The SMILES string of the molecule is CCCn1ccnc1C(=O)C1CSCCO1. The van der Waals surface area contributed by atoms with E-state index >= 15 is 0 Å². The Morgan fingerprint density at radius 1 is 1.75 bits per heavy atom. The molecule has 0 aromatic carbocycles. The fourth-order valence-electron chi connectivity index (χ4n) is 1.74. The Hall–Kier alpha value is -0.810. The van der Waals surface area contributed by atoms with Crippen LogP contribution >= 0.6 is 11.8 Å². The fraction of sp³-hybridized carbons (Fsp3) is 0.636. The molecule has 0 aliphatic carbocycles. The van der Waals surface area contributed by atoms with Gasteiger partial charge < -0.3 is 9.30 Å². The Morgan fingerprint density at radius 3 is 3.31 bits per heavy atom. The average molecular weight is 240 g/mol. The van der Waals surface area contributed by atoms with Gasteiger partial charge in [-0.15, -0.1) is 0 Å². The van der Waals surface area contributed by atoms with E-state index in [2.05, 4.69) is 11.9 Å². The minimum absolute atomic E-state index is 0.0191. The molecule has 0 N–H and O–H groups in total. The number of ether oxygens (including phenoxy) is 1. The third kappa shape index (κ3) is 2.47. The molecule has 0 bridgehead atoms. The third-order valence-electron chi connectivity index (χ3n) is 2.51. The number of thioether (sulfide) groups is 1. The average Bonchev–Trinajstić information content (AvgIpc) is 2.78. The van der Waals surface area contributed by atoms with Gasteiger partial charge in [0.2, 0.25) is 5.78 Å². The molecule has 1 aliphatic heterocycles. The van der Waals surface area contributed by atoms with E-state index in [1.807, 2.05) is 10.8 Å². The van der Waals surface area contributed by atoms with Crippen LogP contribution in [0.2, 0.25) is 0 Å². The molecule has 4 nitrogen and oxygen atoms in total. The number of hydrogen-bond acceptors (Lipinski definition) is 4. The second-order valence-electron chi connectivity index (χ2n) is 3.74.